The molecular weight excluding hydrogens is 363 g/mol. The fraction of sp³-hybridized carbons (Fsp3) is 0.188. The summed E-state index contributed by atoms with van der Waals surface area (Å²) < 4.78 is 5.49. The molecule has 0 amide bonds. The Hall–Kier alpha value is -0.870. The molecule has 0 aliphatic heterocycles. The van der Waals surface area contributed by atoms with Gasteiger partial charge in [0.2, 0.25) is 5.12 Å². The zero-order chi connectivity index (χ0) is 16.1. The quantitative estimate of drug-likeness (QED) is 0.568. The van der Waals surface area contributed by atoms with E-state index < -0.39 is 0 Å². The molecule has 2 rings (SSSR count). The average Bonchev–Trinajstić information content (AvgIpc) is 2.48. The summed E-state index contributed by atoms with van der Waals surface area (Å²) in [7, 11) is 0. The van der Waals surface area contributed by atoms with Crippen LogP contribution < -0.4 is 4.74 Å². The van der Waals surface area contributed by atoms with Crippen LogP contribution in [0, 0.1) is 0 Å². The molecule has 0 aliphatic rings. The van der Waals surface area contributed by atoms with Gasteiger partial charge < -0.3 is 4.74 Å². The highest BCUT2D eigenvalue weighted by atomic mass is 35.5. The molecule has 0 saturated heterocycles. The van der Waals surface area contributed by atoms with E-state index in [2.05, 4.69) is 0 Å². The number of ether oxygens (including phenoxy) is 1. The topological polar surface area (TPSA) is 26.3 Å². The van der Waals surface area contributed by atoms with Crippen molar-refractivity contribution < 1.29 is 9.53 Å². The summed E-state index contributed by atoms with van der Waals surface area (Å²) in [5, 5.41) is 1.15. The Morgan fingerprint density at radius 2 is 1.68 bits per heavy atom. The maximum atomic E-state index is 12.3. The van der Waals surface area contributed by atoms with E-state index in [1.165, 1.54) is 0 Å². The third-order valence-corrected chi connectivity index (χ3v) is 4.45. The second-order valence-corrected chi connectivity index (χ2v) is 6.76. The molecule has 22 heavy (non-hydrogen) atoms. The Bertz CT molecular complexity index is 649. The van der Waals surface area contributed by atoms with Gasteiger partial charge in [0.05, 0.1) is 16.7 Å². The van der Waals surface area contributed by atoms with E-state index in [1.807, 2.05) is 6.92 Å². The van der Waals surface area contributed by atoms with Crippen molar-refractivity contribution >= 4 is 51.7 Å². The lowest BCUT2D eigenvalue weighted by Crippen LogP contribution is -1.99. The number of hydrogen-bond donors (Lipinski definition) is 0. The van der Waals surface area contributed by atoms with Gasteiger partial charge in [-0.25, -0.2) is 0 Å². The molecule has 6 heteroatoms. The average molecular weight is 376 g/mol. The van der Waals surface area contributed by atoms with Crippen LogP contribution in [0.5, 0.6) is 5.75 Å². The number of hydrogen-bond acceptors (Lipinski definition) is 3. The van der Waals surface area contributed by atoms with E-state index in [9.17, 15) is 4.79 Å². The number of carbonyl (C=O) groups excluding carboxylic acids is 1. The largest absolute Gasteiger partial charge is 0.490 e. The van der Waals surface area contributed by atoms with Crippen LogP contribution in [0.2, 0.25) is 15.1 Å². The molecule has 0 unspecified atom stereocenters. The maximum absolute atomic E-state index is 12.3. The minimum absolute atomic E-state index is 0.145. The van der Waals surface area contributed by atoms with Gasteiger partial charge in [-0.2, -0.15) is 0 Å². The molecule has 0 spiro atoms. The van der Waals surface area contributed by atoms with Gasteiger partial charge in [-0.3, -0.25) is 4.79 Å². The van der Waals surface area contributed by atoms with Gasteiger partial charge in [0.25, 0.3) is 0 Å². The number of thioether (sulfide) groups is 1. The van der Waals surface area contributed by atoms with E-state index in [-0.39, 0.29) is 5.12 Å². The Balaban J connectivity index is 2.18. The first-order valence-corrected chi connectivity index (χ1v) is 8.56. The summed E-state index contributed by atoms with van der Waals surface area (Å²) in [4.78, 5) is 13.1. The summed E-state index contributed by atoms with van der Waals surface area (Å²) in [6.07, 6.45) is 0.847. The molecule has 116 valence electrons. The maximum Gasteiger partial charge on any atom is 0.224 e. The van der Waals surface area contributed by atoms with E-state index in [1.54, 1.807) is 36.4 Å². The molecule has 2 aromatic carbocycles. The Morgan fingerprint density at radius 3 is 2.23 bits per heavy atom. The minimum atomic E-state index is -0.145. The smallest absolute Gasteiger partial charge is 0.224 e. The Morgan fingerprint density at radius 1 is 1.09 bits per heavy atom. The van der Waals surface area contributed by atoms with Crippen molar-refractivity contribution in [3.8, 4) is 5.75 Å². The van der Waals surface area contributed by atoms with Crippen LogP contribution in [-0.2, 0) is 0 Å². The molecule has 2 nitrogen and oxygen atoms in total. The van der Waals surface area contributed by atoms with Gasteiger partial charge in [0, 0.05) is 15.5 Å². The highest BCUT2D eigenvalue weighted by molar-refractivity contribution is 8.14. The Labute approximate surface area is 148 Å². The summed E-state index contributed by atoms with van der Waals surface area (Å²) in [5.41, 5.74) is 0.429. The zero-order valence-corrected chi connectivity index (χ0v) is 14.8. The fourth-order valence-corrected chi connectivity index (χ4v) is 3.13. The van der Waals surface area contributed by atoms with E-state index in [0.29, 0.717) is 33.0 Å². The van der Waals surface area contributed by atoms with Crippen molar-refractivity contribution in [3.63, 3.8) is 0 Å². The van der Waals surface area contributed by atoms with Crippen molar-refractivity contribution in [2.24, 2.45) is 0 Å². The number of benzene rings is 2. The van der Waals surface area contributed by atoms with Crippen molar-refractivity contribution in [2.45, 2.75) is 18.2 Å². The van der Waals surface area contributed by atoms with Gasteiger partial charge in [0.15, 0.2) is 5.75 Å². The lowest BCUT2D eigenvalue weighted by molar-refractivity contribution is 0.108. The molecule has 0 fully saturated rings. The van der Waals surface area contributed by atoms with Crippen LogP contribution in [0.3, 0.4) is 0 Å². The second-order valence-electron chi connectivity index (χ2n) is 4.46. The predicted octanol–water partition coefficient (Wildman–Crippen LogP) is 6.37. The van der Waals surface area contributed by atoms with Crippen LogP contribution in [0.25, 0.3) is 0 Å². The number of rotatable bonds is 5. The molecule has 0 atom stereocenters. The Kier molecular flexibility index (Phi) is 6.45. The highest BCUT2D eigenvalue weighted by Crippen LogP contribution is 2.36. The van der Waals surface area contributed by atoms with Crippen LogP contribution in [-0.4, -0.2) is 11.7 Å². The summed E-state index contributed by atoms with van der Waals surface area (Å²) in [6, 6.07) is 10.2. The first-order chi connectivity index (χ1) is 10.5. The number of halogens is 3. The molecule has 0 radical (unpaired) electrons. The SMILES string of the molecule is CCCOc1c(Cl)cc(C(=O)Sc2ccc(Cl)cc2)cc1Cl. The van der Waals surface area contributed by atoms with E-state index >= 15 is 0 Å². The summed E-state index contributed by atoms with van der Waals surface area (Å²) in [6.45, 7) is 2.51. The highest BCUT2D eigenvalue weighted by Gasteiger charge is 2.15. The lowest BCUT2D eigenvalue weighted by atomic mass is 10.2. The van der Waals surface area contributed by atoms with Crippen LogP contribution in [0.4, 0.5) is 0 Å². The molecular formula is C16H13Cl3O2S. The normalized spacial score (nSPS) is 10.5. The predicted molar refractivity (Wildman–Crippen MR) is 93.9 cm³/mol. The van der Waals surface area contributed by atoms with Gasteiger partial charge in [0.1, 0.15) is 0 Å². The van der Waals surface area contributed by atoms with Crippen molar-refractivity contribution in [1.82, 2.24) is 0 Å². The monoisotopic (exact) mass is 374 g/mol. The first kappa shape index (κ1) is 17.5. The van der Waals surface area contributed by atoms with Crippen molar-refractivity contribution in [3.05, 3.63) is 57.0 Å². The minimum Gasteiger partial charge on any atom is -0.490 e. The van der Waals surface area contributed by atoms with Gasteiger partial charge in [-0.05, 0) is 54.6 Å². The van der Waals surface area contributed by atoms with Crippen LogP contribution >= 0.6 is 46.6 Å². The van der Waals surface area contributed by atoms with Crippen LogP contribution in [0.1, 0.15) is 23.7 Å². The van der Waals surface area contributed by atoms with Crippen LogP contribution in [0.15, 0.2) is 41.3 Å². The first-order valence-electron chi connectivity index (χ1n) is 6.61. The van der Waals surface area contributed by atoms with Crippen molar-refractivity contribution in [1.29, 1.82) is 0 Å². The summed E-state index contributed by atoms with van der Waals surface area (Å²) in [5.74, 6) is 0.415. The third kappa shape index (κ3) is 4.56. The molecule has 0 bridgehead atoms. The standard InChI is InChI=1S/C16H13Cl3O2S/c1-2-7-21-15-13(18)8-10(9-14(15)19)16(20)22-12-5-3-11(17)4-6-12/h3-6,8-9H,2,7H2,1H3. The lowest BCUT2D eigenvalue weighted by Gasteiger charge is -2.10. The second kappa shape index (κ2) is 8.11. The van der Waals surface area contributed by atoms with E-state index in [0.717, 1.165) is 23.1 Å². The zero-order valence-electron chi connectivity index (χ0n) is 11.7. The summed E-state index contributed by atoms with van der Waals surface area (Å²) >= 11 is 19.2. The van der Waals surface area contributed by atoms with Crippen molar-refractivity contribution in [2.75, 3.05) is 6.61 Å². The molecule has 2 aromatic rings. The molecule has 0 aliphatic carbocycles. The van der Waals surface area contributed by atoms with Gasteiger partial charge >= 0.3 is 0 Å². The molecule has 0 N–H and O–H groups in total. The molecule has 0 heterocycles. The molecule has 0 aromatic heterocycles. The van der Waals surface area contributed by atoms with Gasteiger partial charge in [-0.15, -0.1) is 0 Å². The fourth-order valence-electron chi connectivity index (χ4n) is 1.69. The third-order valence-electron chi connectivity index (χ3n) is 2.71. The van der Waals surface area contributed by atoms with Gasteiger partial charge in [-0.1, -0.05) is 41.7 Å². The van der Waals surface area contributed by atoms with E-state index in [4.69, 9.17) is 39.5 Å². The number of carbonyl (C=O) groups is 1. The molecule has 0 saturated carbocycles.